The number of carboxylic acid groups (broad SMARTS) is 1. The highest BCUT2D eigenvalue weighted by molar-refractivity contribution is 5.86. The van der Waals surface area contributed by atoms with Crippen LogP contribution in [0.5, 0.6) is 0 Å². The van der Waals surface area contributed by atoms with Crippen LogP contribution in [0.15, 0.2) is 48.5 Å². The van der Waals surface area contributed by atoms with Crippen LogP contribution in [0.1, 0.15) is 40.7 Å². The third-order valence-electron chi connectivity index (χ3n) is 4.86. The van der Waals surface area contributed by atoms with Gasteiger partial charge in [-0.25, -0.2) is 0 Å². The van der Waals surface area contributed by atoms with E-state index in [1.165, 1.54) is 0 Å². The Kier molecular flexibility index (Phi) is 2.16. The maximum absolute atomic E-state index is 12.0. The van der Waals surface area contributed by atoms with Crippen LogP contribution in [0.4, 0.5) is 0 Å². The average molecular weight is 266 g/mol. The molecule has 0 radical (unpaired) electrons. The molecule has 2 aliphatic rings. The molecule has 3 unspecified atom stereocenters. The fraction of sp³-hybridized carbons (Fsp3) is 0.235. The fourth-order valence-corrected chi connectivity index (χ4v) is 3.95. The molecule has 2 aromatic carbocycles. The van der Waals surface area contributed by atoms with Crippen molar-refractivity contribution in [2.45, 2.75) is 23.9 Å². The van der Waals surface area contributed by atoms with Gasteiger partial charge < -0.3 is 10.2 Å². The highest BCUT2D eigenvalue weighted by Gasteiger charge is 2.58. The van der Waals surface area contributed by atoms with Crippen molar-refractivity contribution in [3.63, 3.8) is 0 Å². The molecule has 0 amide bonds. The summed E-state index contributed by atoms with van der Waals surface area (Å²) in [5.74, 6) is -0.864. The van der Waals surface area contributed by atoms with Gasteiger partial charge in [-0.05, 0) is 28.7 Å². The van der Waals surface area contributed by atoms with E-state index >= 15 is 0 Å². The van der Waals surface area contributed by atoms with E-state index in [0.29, 0.717) is 6.42 Å². The van der Waals surface area contributed by atoms with E-state index in [1.54, 1.807) is 0 Å². The number of rotatable bonds is 1. The summed E-state index contributed by atoms with van der Waals surface area (Å²) in [6.07, 6.45) is -0.545. The monoisotopic (exact) mass is 266 g/mol. The third-order valence-corrected chi connectivity index (χ3v) is 4.86. The van der Waals surface area contributed by atoms with Gasteiger partial charge in [0.1, 0.15) is 5.41 Å². The summed E-state index contributed by atoms with van der Waals surface area (Å²) in [6.45, 7) is 0. The summed E-state index contributed by atoms with van der Waals surface area (Å²) < 4.78 is 0. The van der Waals surface area contributed by atoms with Gasteiger partial charge in [-0.2, -0.15) is 0 Å². The van der Waals surface area contributed by atoms with Gasteiger partial charge in [0.15, 0.2) is 0 Å². The minimum Gasteiger partial charge on any atom is -0.480 e. The number of carboxylic acids is 1. The van der Waals surface area contributed by atoms with E-state index in [1.807, 2.05) is 48.5 Å². The van der Waals surface area contributed by atoms with Gasteiger partial charge in [0.05, 0.1) is 6.10 Å². The Morgan fingerprint density at radius 1 is 1.00 bits per heavy atom. The molecule has 0 aliphatic heterocycles. The van der Waals surface area contributed by atoms with Crippen molar-refractivity contribution in [1.29, 1.82) is 0 Å². The maximum atomic E-state index is 12.0. The lowest BCUT2D eigenvalue weighted by molar-refractivity contribution is -0.149. The van der Waals surface area contributed by atoms with Gasteiger partial charge in [0, 0.05) is 5.92 Å². The molecule has 0 saturated carbocycles. The van der Waals surface area contributed by atoms with Crippen molar-refractivity contribution in [3.05, 3.63) is 70.8 Å². The fourth-order valence-electron chi connectivity index (χ4n) is 3.95. The molecular formula is C17H14O3. The first-order valence-electron chi connectivity index (χ1n) is 6.76. The second-order valence-electron chi connectivity index (χ2n) is 5.65. The maximum Gasteiger partial charge on any atom is 0.317 e. The third kappa shape index (κ3) is 1.17. The van der Waals surface area contributed by atoms with Crippen molar-refractivity contribution >= 4 is 5.97 Å². The van der Waals surface area contributed by atoms with Gasteiger partial charge in [0.25, 0.3) is 0 Å². The van der Waals surface area contributed by atoms with Crippen molar-refractivity contribution < 1.29 is 15.0 Å². The Labute approximate surface area is 116 Å². The SMILES string of the molecule is O=C(O)C12CC(c3ccccc3C1O)c1ccccc12. The van der Waals surface area contributed by atoms with Gasteiger partial charge in [-0.1, -0.05) is 48.5 Å². The lowest BCUT2D eigenvalue weighted by atomic mass is 9.68. The molecule has 2 aliphatic carbocycles. The summed E-state index contributed by atoms with van der Waals surface area (Å²) in [5.41, 5.74) is 2.42. The summed E-state index contributed by atoms with van der Waals surface area (Å²) in [4.78, 5) is 12.0. The summed E-state index contributed by atoms with van der Waals surface area (Å²) >= 11 is 0. The number of aliphatic hydroxyl groups excluding tert-OH is 1. The normalized spacial score (nSPS) is 29.6. The first-order valence-corrected chi connectivity index (χ1v) is 6.76. The molecule has 100 valence electrons. The van der Waals surface area contributed by atoms with Crippen molar-refractivity contribution in [1.82, 2.24) is 0 Å². The molecule has 0 fully saturated rings. The summed E-state index contributed by atoms with van der Waals surface area (Å²) in [7, 11) is 0. The van der Waals surface area contributed by atoms with Gasteiger partial charge in [0.2, 0.25) is 0 Å². The Bertz CT molecular complexity index is 722. The topological polar surface area (TPSA) is 57.5 Å². The number of hydrogen-bond donors (Lipinski definition) is 2. The zero-order valence-corrected chi connectivity index (χ0v) is 10.8. The van der Waals surface area contributed by atoms with Crippen LogP contribution < -0.4 is 0 Å². The lowest BCUT2D eigenvalue weighted by Gasteiger charge is -2.36. The van der Waals surface area contributed by atoms with Crippen LogP contribution in [0.3, 0.4) is 0 Å². The quantitative estimate of drug-likeness (QED) is 0.834. The van der Waals surface area contributed by atoms with Crippen LogP contribution in [0.25, 0.3) is 0 Å². The molecule has 0 spiro atoms. The number of benzene rings is 2. The molecule has 3 nitrogen and oxygen atoms in total. The molecule has 2 bridgehead atoms. The summed E-state index contributed by atoms with van der Waals surface area (Å²) in [6, 6.07) is 15.3. The van der Waals surface area contributed by atoms with Crippen molar-refractivity contribution in [2.75, 3.05) is 0 Å². The molecule has 2 aromatic rings. The van der Waals surface area contributed by atoms with Crippen molar-refractivity contribution in [3.8, 4) is 0 Å². The predicted octanol–water partition coefficient (Wildman–Crippen LogP) is 2.59. The molecule has 0 aromatic heterocycles. The highest BCUT2D eigenvalue weighted by Crippen LogP contribution is 2.59. The van der Waals surface area contributed by atoms with Gasteiger partial charge >= 0.3 is 5.97 Å². The zero-order chi connectivity index (χ0) is 13.9. The van der Waals surface area contributed by atoms with E-state index in [0.717, 1.165) is 22.3 Å². The molecule has 20 heavy (non-hydrogen) atoms. The Morgan fingerprint density at radius 2 is 1.60 bits per heavy atom. The second kappa shape index (κ2) is 3.70. The number of fused-ring (bicyclic) bond motifs is 7. The Morgan fingerprint density at radius 3 is 2.30 bits per heavy atom. The van der Waals surface area contributed by atoms with Crippen LogP contribution in [-0.2, 0) is 10.2 Å². The van der Waals surface area contributed by atoms with Crippen molar-refractivity contribution in [2.24, 2.45) is 0 Å². The number of carbonyl (C=O) groups is 1. The first kappa shape index (κ1) is 11.7. The van der Waals surface area contributed by atoms with Crippen LogP contribution in [0, 0.1) is 0 Å². The molecular weight excluding hydrogens is 252 g/mol. The molecule has 3 atom stereocenters. The Balaban J connectivity index is 2.09. The standard InChI is InChI=1S/C17H14O3/c18-15-12-7-2-1-5-10(12)13-9-17(15,16(19)20)14-8-4-3-6-11(13)14/h1-8,13,15,18H,9H2,(H,19,20). The molecule has 3 heteroatoms. The number of aliphatic hydroxyl groups is 1. The van der Waals surface area contributed by atoms with E-state index in [9.17, 15) is 15.0 Å². The predicted molar refractivity (Wildman–Crippen MR) is 73.6 cm³/mol. The number of aliphatic carboxylic acids is 1. The first-order chi connectivity index (χ1) is 9.66. The van der Waals surface area contributed by atoms with Gasteiger partial charge in [-0.15, -0.1) is 0 Å². The smallest absolute Gasteiger partial charge is 0.317 e. The zero-order valence-electron chi connectivity index (χ0n) is 10.8. The number of hydrogen-bond acceptors (Lipinski definition) is 2. The van der Waals surface area contributed by atoms with E-state index in [-0.39, 0.29) is 5.92 Å². The average Bonchev–Trinajstić information content (AvgIpc) is 2.79. The molecule has 2 N–H and O–H groups in total. The Hall–Kier alpha value is -2.13. The van der Waals surface area contributed by atoms with Crippen LogP contribution in [0.2, 0.25) is 0 Å². The second-order valence-corrected chi connectivity index (χ2v) is 5.65. The van der Waals surface area contributed by atoms with E-state index < -0.39 is 17.5 Å². The van der Waals surface area contributed by atoms with E-state index in [4.69, 9.17) is 0 Å². The lowest BCUT2D eigenvalue weighted by Crippen LogP contribution is -2.42. The van der Waals surface area contributed by atoms with E-state index in [2.05, 4.69) is 0 Å². The minimum absolute atomic E-state index is 0.0712. The summed E-state index contributed by atoms with van der Waals surface area (Å²) in [5, 5.41) is 20.5. The highest BCUT2D eigenvalue weighted by atomic mass is 16.4. The van der Waals surface area contributed by atoms with Crippen LogP contribution >= 0.6 is 0 Å². The molecule has 4 rings (SSSR count). The van der Waals surface area contributed by atoms with Gasteiger partial charge in [-0.3, -0.25) is 4.79 Å². The molecule has 0 heterocycles. The molecule has 0 saturated heterocycles. The minimum atomic E-state index is -1.20. The largest absolute Gasteiger partial charge is 0.480 e. The van der Waals surface area contributed by atoms with Crippen LogP contribution in [-0.4, -0.2) is 16.2 Å².